The molecule has 2 rings (SSSR count). The van der Waals surface area contributed by atoms with Crippen LogP contribution in [0.5, 0.6) is 0 Å². The number of urea groups is 1. The molecule has 0 heterocycles. The van der Waals surface area contributed by atoms with Crippen molar-refractivity contribution in [3.63, 3.8) is 0 Å². The predicted octanol–water partition coefficient (Wildman–Crippen LogP) is 2.75. The molecule has 2 unspecified atom stereocenters. The second-order valence-electron chi connectivity index (χ2n) is 6.27. The molecule has 0 saturated heterocycles. The molecule has 2 saturated carbocycles. The highest BCUT2D eigenvalue weighted by Crippen LogP contribution is 2.29. The minimum Gasteiger partial charge on any atom is -0.480 e. The van der Waals surface area contributed by atoms with Crippen LogP contribution in [0, 0.1) is 0 Å². The molecule has 0 aromatic carbocycles. The lowest BCUT2D eigenvalue weighted by Crippen LogP contribution is -2.58. The Morgan fingerprint density at radius 2 is 1.81 bits per heavy atom. The molecule has 120 valence electrons. The number of carbonyl (C=O) groups is 2. The molecule has 0 aromatic rings. The van der Waals surface area contributed by atoms with Gasteiger partial charge in [0.05, 0.1) is 0 Å². The van der Waals surface area contributed by atoms with Crippen LogP contribution in [-0.4, -0.2) is 40.2 Å². The highest BCUT2D eigenvalue weighted by atomic mass is 32.2. The van der Waals surface area contributed by atoms with Crippen LogP contribution in [0.2, 0.25) is 0 Å². The molecule has 2 atom stereocenters. The number of carboxylic acid groups (broad SMARTS) is 1. The van der Waals surface area contributed by atoms with E-state index < -0.39 is 11.5 Å². The molecule has 2 aliphatic rings. The first-order valence-electron chi connectivity index (χ1n) is 7.90. The Bertz CT molecular complexity index is 381. The molecular weight excluding hydrogens is 288 g/mol. The van der Waals surface area contributed by atoms with Crippen molar-refractivity contribution in [2.24, 2.45) is 0 Å². The normalized spacial score (nSPS) is 28.6. The van der Waals surface area contributed by atoms with Gasteiger partial charge < -0.3 is 15.7 Å². The Kier molecular flexibility index (Phi) is 5.79. The average molecular weight is 314 g/mol. The van der Waals surface area contributed by atoms with Crippen LogP contribution in [-0.2, 0) is 4.79 Å². The minimum absolute atomic E-state index is 0.180. The second-order valence-corrected chi connectivity index (χ2v) is 7.41. The lowest BCUT2D eigenvalue weighted by atomic mass is 9.90. The number of thioether (sulfide) groups is 1. The number of rotatable bonds is 4. The number of nitrogens with one attached hydrogen (secondary N) is 2. The molecule has 2 aliphatic carbocycles. The van der Waals surface area contributed by atoms with Crippen LogP contribution in [0.25, 0.3) is 0 Å². The standard InChI is InChI=1S/C15H26N2O3S/c1-21-12-7-6-11(10-12)16-14(20)17-15(13(18)19)8-4-2-3-5-9-15/h11-12H,2-10H2,1H3,(H,18,19)(H2,16,17,20). The zero-order valence-electron chi connectivity index (χ0n) is 12.7. The zero-order chi connectivity index (χ0) is 15.3. The van der Waals surface area contributed by atoms with E-state index in [0.29, 0.717) is 18.1 Å². The summed E-state index contributed by atoms with van der Waals surface area (Å²) < 4.78 is 0. The maximum atomic E-state index is 12.2. The van der Waals surface area contributed by atoms with E-state index in [0.717, 1.165) is 44.9 Å². The first-order chi connectivity index (χ1) is 10.1. The molecule has 3 N–H and O–H groups in total. The summed E-state index contributed by atoms with van der Waals surface area (Å²) in [5.74, 6) is -0.895. The summed E-state index contributed by atoms with van der Waals surface area (Å²) in [6.45, 7) is 0. The Hall–Kier alpha value is -0.910. The van der Waals surface area contributed by atoms with Gasteiger partial charge in [-0.2, -0.15) is 11.8 Å². The molecule has 6 heteroatoms. The lowest BCUT2D eigenvalue weighted by molar-refractivity contribution is -0.145. The van der Waals surface area contributed by atoms with Crippen molar-refractivity contribution < 1.29 is 14.7 Å². The van der Waals surface area contributed by atoms with Crippen LogP contribution < -0.4 is 10.6 Å². The van der Waals surface area contributed by atoms with E-state index in [2.05, 4.69) is 16.9 Å². The molecule has 5 nitrogen and oxygen atoms in total. The number of hydrogen-bond donors (Lipinski definition) is 3. The Labute approximate surface area is 130 Å². The summed E-state index contributed by atoms with van der Waals surface area (Å²) in [5.41, 5.74) is -1.07. The zero-order valence-corrected chi connectivity index (χ0v) is 13.5. The van der Waals surface area contributed by atoms with E-state index >= 15 is 0 Å². The Morgan fingerprint density at radius 1 is 1.14 bits per heavy atom. The van der Waals surface area contributed by atoms with E-state index in [-0.39, 0.29) is 12.1 Å². The van der Waals surface area contributed by atoms with E-state index in [4.69, 9.17) is 0 Å². The fourth-order valence-electron chi connectivity index (χ4n) is 3.45. The highest BCUT2D eigenvalue weighted by molar-refractivity contribution is 7.99. The first kappa shape index (κ1) is 16.5. The third-order valence-corrected chi connectivity index (χ3v) is 5.87. The number of aliphatic carboxylic acids is 1. The average Bonchev–Trinajstić information content (AvgIpc) is 2.75. The Balaban J connectivity index is 1.91. The smallest absolute Gasteiger partial charge is 0.329 e. The number of carboxylic acids is 1. The molecule has 0 bridgehead atoms. The van der Waals surface area contributed by atoms with E-state index in [1.54, 1.807) is 0 Å². The molecule has 2 amide bonds. The molecular formula is C15H26N2O3S. The summed E-state index contributed by atoms with van der Waals surface area (Å²) in [6, 6.07) is -0.134. The highest BCUT2D eigenvalue weighted by Gasteiger charge is 2.40. The molecule has 0 spiro atoms. The fourth-order valence-corrected chi connectivity index (χ4v) is 4.25. The summed E-state index contributed by atoms with van der Waals surface area (Å²) in [7, 11) is 0. The second kappa shape index (κ2) is 7.38. The van der Waals surface area contributed by atoms with Gasteiger partial charge in [0.25, 0.3) is 0 Å². The molecule has 0 aromatic heterocycles. The predicted molar refractivity (Wildman–Crippen MR) is 84.7 cm³/mol. The monoisotopic (exact) mass is 314 g/mol. The summed E-state index contributed by atoms with van der Waals surface area (Å²) in [4.78, 5) is 23.8. The van der Waals surface area contributed by atoms with Gasteiger partial charge in [0.2, 0.25) is 0 Å². The number of carbonyl (C=O) groups excluding carboxylic acids is 1. The molecule has 21 heavy (non-hydrogen) atoms. The van der Waals surface area contributed by atoms with Gasteiger partial charge in [-0.15, -0.1) is 0 Å². The van der Waals surface area contributed by atoms with Crippen molar-refractivity contribution in [1.82, 2.24) is 10.6 Å². The van der Waals surface area contributed by atoms with Crippen molar-refractivity contribution in [3.05, 3.63) is 0 Å². The molecule has 0 radical (unpaired) electrons. The maximum absolute atomic E-state index is 12.2. The van der Waals surface area contributed by atoms with Crippen LogP contribution in [0.4, 0.5) is 4.79 Å². The van der Waals surface area contributed by atoms with Gasteiger partial charge in [0, 0.05) is 11.3 Å². The van der Waals surface area contributed by atoms with Crippen molar-refractivity contribution in [2.45, 2.75) is 74.6 Å². The third kappa shape index (κ3) is 4.28. The van der Waals surface area contributed by atoms with Gasteiger partial charge in [-0.1, -0.05) is 25.7 Å². The summed E-state index contributed by atoms with van der Waals surface area (Å²) >= 11 is 1.84. The topological polar surface area (TPSA) is 78.4 Å². The first-order valence-corrected chi connectivity index (χ1v) is 9.19. The van der Waals surface area contributed by atoms with Gasteiger partial charge in [-0.3, -0.25) is 0 Å². The number of amides is 2. The van der Waals surface area contributed by atoms with Crippen molar-refractivity contribution in [2.75, 3.05) is 6.26 Å². The minimum atomic E-state index is -1.07. The molecule has 2 fully saturated rings. The van der Waals surface area contributed by atoms with E-state index in [1.165, 1.54) is 0 Å². The van der Waals surface area contributed by atoms with Gasteiger partial charge in [-0.05, 0) is 38.4 Å². The Morgan fingerprint density at radius 3 is 2.33 bits per heavy atom. The largest absolute Gasteiger partial charge is 0.480 e. The van der Waals surface area contributed by atoms with Crippen LogP contribution >= 0.6 is 11.8 Å². The van der Waals surface area contributed by atoms with E-state index in [9.17, 15) is 14.7 Å². The molecule has 0 aliphatic heterocycles. The fraction of sp³-hybridized carbons (Fsp3) is 0.867. The van der Waals surface area contributed by atoms with Crippen molar-refractivity contribution in [3.8, 4) is 0 Å². The van der Waals surface area contributed by atoms with Gasteiger partial charge in [0.15, 0.2) is 0 Å². The van der Waals surface area contributed by atoms with Crippen molar-refractivity contribution in [1.29, 1.82) is 0 Å². The van der Waals surface area contributed by atoms with E-state index in [1.807, 2.05) is 11.8 Å². The summed E-state index contributed by atoms with van der Waals surface area (Å²) in [5, 5.41) is 15.9. The maximum Gasteiger partial charge on any atom is 0.329 e. The third-order valence-electron chi connectivity index (χ3n) is 4.77. The number of hydrogen-bond acceptors (Lipinski definition) is 3. The van der Waals surface area contributed by atoms with Crippen LogP contribution in [0.1, 0.15) is 57.8 Å². The SMILES string of the molecule is CSC1CCC(NC(=O)NC2(C(=O)O)CCCCCC2)C1. The van der Waals surface area contributed by atoms with Crippen molar-refractivity contribution >= 4 is 23.8 Å². The van der Waals surface area contributed by atoms with Crippen LogP contribution in [0.15, 0.2) is 0 Å². The van der Waals surface area contributed by atoms with Gasteiger partial charge >= 0.3 is 12.0 Å². The lowest BCUT2D eigenvalue weighted by Gasteiger charge is -2.30. The van der Waals surface area contributed by atoms with Crippen LogP contribution in [0.3, 0.4) is 0 Å². The quantitative estimate of drug-likeness (QED) is 0.697. The van der Waals surface area contributed by atoms with Gasteiger partial charge in [-0.25, -0.2) is 9.59 Å². The van der Waals surface area contributed by atoms with Gasteiger partial charge in [0.1, 0.15) is 5.54 Å². The summed E-state index contributed by atoms with van der Waals surface area (Å²) in [6.07, 6.45) is 10.1.